The number of hydrogen-bond acceptors (Lipinski definition) is 7. The smallest absolute Gasteiger partial charge is 0.229 e. The summed E-state index contributed by atoms with van der Waals surface area (Å²) < 4.78 is 0. The van der Waals surface area contributed by atoms with Crippen LogP contribution in [0.1, 0.15) is 62.8 Å². The minimum atomic E-state index is -0.164. The maximum atomic E-state index is 9.87. The molecule has 0 unspecified atom stereocenters. The van der Waals surface area contributed by atoms with Crippen molar-refractivity contribution in [1.82, 2.24) is 19.9 Å². The second kappa shape index (κ2) is 9.27. The van der Waals surface area contributed by atoms with Crippen molar-refractivity contribution in [3.63, 3.8) is 0 Å². The number of rotatable bonds is 6. The quantitative estimate of drug-likeness (QED) is 0.574. The SMILES string of the molecule is O[C@H]1CC[C@H](Nc2nc(Nc3ccnc(Cl)c3)ncc2C2CCN(C3CC3)CC2)CC1. The van der Waals surface area contributed by atoms with Crippen LogP contribution in [0.15, 0.2) is 24.5 Å². The summed E-state index contributed by atoms with van der Waals surface area (Å²) in [6.07, 6.45) is 12.2. The molecule has 2 aromatic heterocycles. The van der Waals surface area contributed by atoms with Crippen molar-refractivity contribution in [1.29, 1.82) is 0 Å². The molecule has 2 saturated carbocycles. The van der Waals surface area contributed by atoms with E-state index in [4.69, 9.17) is 16.6 Å². The van der Waals surface area contributed by atoms with Gasteiger partial charge in [-0.05, 0) is 82.5 Å². The zero-order valence-corrected chi connectivity index (χ0v) is 18.6. The van der Waals surface area contributed by atoms with Crippen LogP contribution in [0, 0.1) is 0 Å². The van der Waals surface area contributed by atoms with E-state index in [-0.39, 0.29) is 6.10 Å². The third kappa shape index (κ3) is 5.27. The summed E-state index contributed by atoms with van der Waals surface area (Å²) in [5, 5.41) is 17.3. The monoisotopic (exact) mass is 442 g/mol. The number of halogens is 1. The van der Waals surface area contributed by atoms with E-state index in [0.717, 1.165) is 56.1 Å². The summed E-state index contributed by atoms with van der Waals surface area (Å²) in [5.74, 6) is 1.97. The molecule has 1 aliphatic heterocycles. The topological polar surface area (TPSA) is 86.2 Å². The normalized spacial score (nSPS) is 25.4. The van der Waals surface area contributed by atoms with Gasteiger partial charge in [-0.15, -0.1) is 0 Å². The summed E-state index contributed by atoms with van der Waals surface area (Å²) in [6.45, 7) is 2.33. The van der Waals surface area contributed by atoms with Gasteiger partial charge in [0.05, 0.1) is 6.10 Å². The molecule has 2 aromatic rings. The van der Waals surface area contributed by atoms with Gasteiger partial charge in [-0.1, -0.05) is 11.6 Å². The number of piperidine rings is 1. The van der Waals surface area contributed by atoms with Crippen molar-refractivity contribution in [3.8, 4) is 0 Å². The van der Waals surface area contributed by atoms with Crippen molar-refractivity contribution >= 4 is 29.1 Å². The predicted molar refractivity (Wildman–Crippen MR) is 123 cm³/mol. The van der Waals surface area contributed by atoms with Gasteiger partial charge in [0.1, 0.15) is 11.0 Å². The Hall–Kier alpha value is -1.96. The van der Waals surface area contributed by atoms with Crippen molar-refractivity contribution in [3.05, 3.63) is 35.2 Å². The second-order valence-corrected chi connectivity index (χ2v) is 9.57. The summed E-state index contributed by atoms with van der Waals surface area (Å²) in [7, 11) is 0. The third-order valence-electron chi connectivity index (χ3n) is 6.87. The molecule has 8 heteroatoms. The van der Waals surface area contributed by atoms with E-state index in [1.165, 1.54) is 31.5 Å². The molecule has 0 radical (unpaired) electrons. The number of aliphatic hydroxyl groups excluding tert-OH is 1. The number of anilines is 3. The predicted octanol–water partition coefficient (Wildman–Crippen LogP) is 4.33. The molecular weight excluding hydrogens is 412 g/mol. The lowest BCUT2D eigenvalue weighted by atomic mass is 9.89. The lowest BCUT2D eigenvalue weighted by Gasteiger charge is -2.33. The molecular formula is C23H31ClN6O. The van der Waals surface area contributed by atoms with Crippen LogP contribution >= 0.6 is 11.6 Å². The highest BCUT2D eigenvalue weighted by Gasteiger charge is 2.33. The number of aromatic nitrogens is 3. The molecule has 7 nitrogen and oxygen atoms in total. The number of pyridine rings is 1. The minimum Gasteiger partial charge on any atom is -0.393 e. The standard InChI is InChI=1S/C23H31ClN6O/c24-21-13-17(7-10-25-21)28-23-26-14-20(15-8-11-30(12-9-15)18-3-4-18)22(29-23)27-16-1-5-19(31)6-2-16/h7,10,13-16,18-19,31H,1-6,8-9,11-12H2,(H2,25,26,27,28,29)/t16-,19-. The first-order valence-electron chi connectivity index (χ1n) is 11.6. The highest BCUT2D eigenvalue weighted by molar-refractivity contribution is 6.29. The minimum absolute atomic E-state index is 0.164. The maximum absolute atomic E-state index is 9.87. The first-order chi connectivity index (χ1) is 15.1. The van der Waals surface area contributed by atoms with Gasteiger partial charge in [0.25, 0.3) is 0 Å². The Balaban J connectivity index is 1.35. The van der Waals surface area contributed by atoms with Crippen LogP contribution in [0.3, 0.4) is 0 Å². The average Bonchev–Trinajstić information content (AvgIpc) is 3.61. The van der Waals surface area contributed by atoms with E-state index in [1.54, 1.807) is 12.3 Å². The number of aliphatic hydroxyl groups is 1. The van der Waals surface area contributed by atoms with Crippen molar-refractivity contribution in [2.75, 3.05) is 23.7 Å². The highest BCUT2D eigenvalue weighted by atomic mass is 35.5. The van der Waals surface area contributed by atoms with Gasteiger partial charge in [-0.2, -0.15) is 4.98 Å². The molecule has 0 spiro atoms. The van der Waals surface area contributed by atoms with Gasteiger partial charge < -0.3 is 20.6 Å². The fourth-order valence-corrected chi connectivity index (χ4v) is 5.08. The lowest BCUT2D eigenvalue weighted by molar-refractivity contribution is 0.126. The number of nitrogens with one attached hydrogen (secondary N) is 2. The van der Waals surface area contributed by atoms with Crippen LogP contribution < -0.4 is 10.6 Å². The van der Waals surface area contributed by atoms with Crippen molar-refractivity contribution < 1.29 is 5.11 Å². The maximum Gasteiger partial charge on any atom is 0.229 e. The molecule has 2 aliphatic carbocycles. The van der Waals surface area contributed by atoms with Crippen molar-refractivity contribution in [2.45, 2.75) is 75.5 Å². The van der Waals surface area contributed by atoms with Crippen LogP contribution in [0.4, 0.5) is 17.5 Å². The van der Waals surface area contributed by atoms with E-state index in [2.05, 4.69) is 25.5 Å². The van der Waals surface area contributed by atoms with Crippen LogP contribution in [0.25, 0.3) is 0 Å². The van der Waals surface area contributed by atoms with Gasteiger partial charge in [0, 0.05) is 35.7 Å². The summed E-state index contributed by atoms with van der Waals surface area (Å²) >= 11 is 6.02. The van der Waals surface area contributed by atoms with Crippen LogP contribution in [0.5, 0.6) is 0 Å². The second-order valence-electron chi connectivity index (χ2n) is 9.18. The Morgan fingerprint density at radius 1 is 1.00 bits per heavy atom. The van der Waals surface area contributed by atoms with Gasteiger partial charge in [-0.3, -0.25) is 0 Å². The van der Waals surface area contributed by atoms with Gasteiger partial charge in [0.15, 0.2) is 0 Å². The molecule has 3 fully saturated rings. The average molecular weight is 443 g/mol. The number of nitrogens with zero attached hydrogens (tertiary/aromatic N) is 4. The molecule has 1 saturated heterocycles. The lowest BCUT2D eigenvalue weighted by Crippen LogP contribution is -2.35. The van der Waals surface area contributed by atoms with E-state index in [1.807, 2.05) is 12.3 Å². The Labute approximate surface area is 188 Å². The van der Waals surface area contributed by atoms with Crippen LogP contribution in [-0.4, -0.2) is 56.2 Å². The zero-order valence-electron chi connectivity index (χ0n) is 17.8. The number of hydrogen-bond donors (Lipinski definition) is 3. The Morgan fingerprint density at radius 2 is 1.77 bits per heavy atom. The fraction of sp³-hybridized carbons (Fsp3) is 0.609. The fourth-order valence-electron chi connectivity index (χ4n) is 4.90. The molecule has 0 atom stereocenters. The summed E-state index contributed by atoms with van der Waals surface area (Å²) in [4.78, 5) is 16.2. The first kappa shape index (κ1) is 20.9. The molecule has 0 bridgehead atoms. The summed E-state index contributed by atoms with van der Waals surface area (Å²) in [5.41, 5.74) is 2.04. The summed E-state index contributed by atoms with van der Waals surface area (Å²) in [6, 6.07) is 4.79. The van der Waals surface area contributed by atoms with E-state index in [0.29, 0.717) is 23.1 Å². The third-order valence-corrected chi connectivity index (χ3v) is 7.08. The first-order valence-corrected chi connectivity index (χ1v) is 12.0. The zero-order chi connectivity index (χ0) is 21.2. The van der Waals surface area contributed by atoms with Crippen LogP contribution in [0.2, 0.25) is 5.15 Å². The molecule has 3 aliphatic rings. The molecule has 5 rings (SSSR count). The molecule has 3 N–H and O–H groups in total. The van der Waals surface area contributed by atoms with E-state index in [9.17, 15) is 5.11 Å². The highest BCUT2D eigenvalue weighted by Crippen LogP contribution is 2.37. The molecule has 166 valence electrons. The Bertz CT molecular complexity index is 891. The van der Waals surface area contributed by atoms with Gasteiger partial charge in [-0.25, -0.2) is 9.97 Å². The number of likely N-dealkylation sites (tertiary alicyclic amines) is 1. The molecule has 0 aromatic carbocycles. The van der Waals surface area contributed by atoms with Crippen molar-refractivity contribution in [2.24, 2.45) is 0 Å². The van der Waals surface area contributed by atoms with Crippen LogP contribution in [-0.2, 0) is 0 Å². The molecule has 3 heterocycles. The largest absolute Gasteiger partial charge is 0.393 e. The van der Waals surface area contributed by atoms with Gasteiger partial charge >= 0.3 is 0 Å². The molecule has 0 amide bonds. The van der Waals surface area contributed by atoms with Gasteiger partial charge in [0.2, 0.25) is 5.95 Å². The Morgan fingerprint density at radius 3 is 2.48 bits per heavy atom. The van der Waals surface area contributed by atoms with E-state index >= 15 is 0 Å². The molecule has 31 heavy (non-hydrogen) atoms. The van der Waals surface area contributed by atoms with E-state index < -0.39 is 0 Å². The Kier molecular flexibility index (Phi) is 6.25.